The lowest BCUT2D eigenvalue weighted by atomic mass is 9.73. The molecule has 26 heavy (non-hydrogen) atoms. The number of imide groups is 1. The number of aliphatic hydroxyl groups excluding tert-OH is 1. The monoisotopic (exact) mass is 358 g/mol. The highest BCUT2D eigenvalue weighted by Gasteiger charge is 2.72. The molecule has 0 spiro atoms. The van der Waals surface area contributed by atoms with Crippen molar-refractivity contribution in [1.82, 2.24) is 0 Å². The van der Waals surface area contributed by atoms with Crippen molar-refractivity contribution in [3.05, 3.63) is 45.5 Å². The number of carbonyl (C=O) groups excluding carboxylic acids is 2. The number of rotatable bonds is 3. The van der Waals surface area contributed by atoms with Crippen LogP contribution in [0.5, 0.6) is 0 Å². The molecule has 8 nitrogen and oxygen atoms in total. The van der Waals surface area contributed by atoms with Crippen LogP contribution in [0.15, 0.2) is 24.3 Å². The van der Waals surface area contributed by atoms with E-state index in [-0.39, 0.29) is 11.4 Å². The van der Waals surface area contributed by atoms with E-state index in [2.05, 4.69) is 0 Å². The largest absolute Gasteiger partial charge is 0.393 e. The smallest absolute Gasteiger partial charge is 0.293 e. The first-order valence-corrected chi connectivity index (χ1v) is 8.30. The summed E-state index contributed by atoms with van der Waals surface area (Å²) in [6, 6.07) is 2.86. The van der Waals surface area contributed by atoms with Gasteiger partial charge in [-0.1, -0.05) is 12.2 Å². The molecule has 1 N–H and O–H groups in total. The van der Waals surface area contributed by atoms with Crippen molar-refractivity contribution < 1.29 is 24.4 Å². The lowest BCUT2D eigenvalue weighted by Gasteiger charge is -2.27. The lowest BCUT2D eigenvalue weighted by Crippen LogP contribution is -2.43. The van der Waals surface area contributed by atoms with E-state index in [0.29, 0.717) is 5.56 Å². The van der Waals surface area contributed by atoms with E-state index in [4.69, 9.17) is 4.74 Å². The normalized spacial score (nSPS) is 34.7. The molecule has 0 saturated carbocycles. The van der Waals surface area contributed by atoms with Crippen LogP contribution in [0, 0.1) is 35.8 Å². The van der Waals surface area contributed by atoms with Crippen LogP contribution in [0.2, 0.25) is 0 Å². The predicted octanol–water partition coefficient (Wildman–Crippen LogP) is 1.41. The summed E-state index contributed by atoms with van der Waals surface area (Å²) in [4.78, 5) is 38.0. The van der Waals surface area contributed by atoms with E-state index < -0.39 is 46.4 Å². The molecule has 3 aliphatic heterocycles. The van der Waals surface area contributed by atoms with Crippen LogP contribution in [0.4, 0.5) is 11.4 Å². The van der Waals surface area contributed by atoms with Crippen molar-refractivity contribution in [2.45, 2.75) is 32.0 Å². The van der Waals surface area contributed by atoms with Crippen molar-refractivity contribution in [3.8, 4) is 0 Å². The molecule has 2 fully saturated rings. The third-order valence-corrected chi connectivity index (χ3v) is 5.83. The van der Waals surface area contributed by atoms with Crippen molar-refractivity contribution in [1.29, 1.82) is 0 Å². The SMILES string of the molecule is Cc1cc(N2C(=O)[C@@H]3[C@@H](C2=O)[C@@]2(CO)C=C[C@@]3(C)O2)c([N+](=O)[O-])cc1C. The summed E-state index contributed by atoms with van der Waals surface area (Å²) < 4.78 is 5.85. The van der Waals surface area contributed by atoms with Gasteiger partial charge in [-0.3, -0.25) is 19.7 Å². The topological polar surface area (TPSA) is 110 Å². The van der Waals surface area contributed by atoms with Gasteiger partial charge in [-0.25, -0.2) is 4.90 Å². The van der Waals surface area contributed by atoms with Gasteiger partial charge in [0, 0.05) is 6.07 Å². The Morgan fingerprint density at radius 3 is 2.42 bits per heavy atom. The van der Waals surface area contributed by atoms with Crippen molar-refractivity contribution in [2.24, 2.45) is 11.8 Å². The Kier molecular flexibility index (Phi) is 3.23. The standard InChI is InChI=1S/C18H18N2O6/c1-9-6-11(12(20(24)25)7-10(9)2)19-15(22)13-14(16(19)23)18(8-21)5-4-17(13,3)26-18/h4-7,13-14,21H,8H2,1-3H3/t13-,14-,17+,18-/m0/s1. The van der Waals surface area contributed by atoms with Crippen LogP contribution in [-0.4, -0.2) is 39.7 Å². The number of nitro benzene ring substituents is 1. The van der Waals surface area contributed by atoms with E-state index in [1.54, 1.807) is 32.9 Å². The molecule has 0 radical (unpaired) electrons. The number of nitro groups is 1. The van der Waals surface area contributed by atoms with Crippen LogP contribution in [0.1, 0.15) is 18.1 Å². The van der Waals surface area contributed by atoms with Crippen LogP contribution in [-0.2, 0) is 14.3 Å². The summed E-state index contributed by atoms with van der Waals surface area (Å²) in [5.41, 5.74) is -1.15. The van der Waals surface area contributed by atoms with Crippen LogP contribution < -0.4 is 4.90 Å². The average Bonchev–Trinajstić information content (AvgIpc) is 3.16. The summed E-state index contributed by atoms with van der Waals surface area (Å²) in [5, 5.41) is 21.3. The highest BCUT2D eigenvalue weighted by molar-refractivity contribution is 6.24. The zero-order chi connectivity index (χ0) is 19.0. The highest BCUT2D eigenvalue weighted by Crippen LogP contribution is 2.58. The summed E-state index contributed by atoms with van der Waals surface area (Å²) in [6.07, 6.45) is 3.31. The zero-order valence-electron chi connectivity index (χ0n) is 14.6. The summed E-state index contributed by atoms with van der Waals surface area (Å²) in [6.45, 7) is 4.74. The summed E-state index contributed by atoms with van der Waals surface area (Å²) in [5.74, 6) is -2.81. The summed E-state index contributed by atoms with van der Waals surface area (Å²) >= 11 is 0. The highest BCUT2D eigenvalue weighted by atomic mass is 16.6. The molecule has 1 aromatic carbocycles. The van der Waals surface area contributed by atoms with Gasteiger partial charge < -0.3 is 9.84 Å². The van der Waals surface area contributed by atoms with E-state index >= 15 is 0 Å². The number of anilines is 1. The number of hydrogen-bond acceptors (Lipinski definition) is 6. The number of hydrogen-bond donors (Lipinski definition) is 1. The van der Waals surface area contributed by atoms with Gasteiger partial charge in [-0.2, -0.15) is 0 Å². The van der Waals surface area contributed by atoms with Crippen molar-refractivity contribution >= 4 is 23.2 Å². The number of aliphatic hydroxyl groups is 1. The third kappa shape index (κ3) is 1.85. The van der Waals surface area contributed by atoms with E-state index in [1.807, 2.05) is 0 Å². The number of fused-ring (bicyclic) bond motifs is 5. The number of aryl methyl sites for hydroxylation is 2. The van der Waals surface area contributed by atoms with Gasteiger partial charge in [0.05, 0.1) is 29.0 Å². The first kappa shape index (κ1) is 16.9. The molecule has 136 valence electrons. The number of amides is 2. The molecule has 2 saturated heterocycles. The molecular formula is C18H18N2O6. The molecular weight excluding hydrogens is 340 g/mol. The Labute approximate surface area is 149 Å². The minimum Gasteiger partial charge on any atom is -0.393 e. The summed E-state index contributed by atoms with van der Waals surface area (Å²) in [7, 11) is 0. The molecule has 8 heteroatoms. The van der Waals surface area contributed by atoms with Gasteiger partial charge in [-0.05, 0) is 38.0 Å². The maximum absolute atomic E-state index is 13.1. The first-order chi connectivity index (χ1) is 12.1. The Bertz CT molecular complexity index is 909. The van der Waals surface area contributed by atoms with Gasteiger partial charge in [0.1, 0.15) is 11.3 Å². The molecule has 3 aliphatic rings. The molecule has 0 aromatic heterocycles. The molecule has 3 heterocycles. The number of ether oxygens (including phenoxy) is 1. The van der Waals surface area contributed by atoms with Gasteiger partial charge >= 0.3 is 0 Å². The van der Waals surface area contributed by atoms with Crippen LogP contribution >= 0.6 is 0 Å². The fraction of sp³-hybridized carbons (Fsp3) is 0.444. The lowest BCUT2D eigenvalue weighted by molar-refractivity contribution is -0.384. The maximum atomic E-state index is 13.1. The average molecular weight is 358 g/mol. The number of benzene rings is 1. The minimum atomic E-state index is -1.25. The Balaban J connectivity index is 1.88. The van der Waals surface area contributed by atoms with Crippen LogP contribution in [0.25, 0.3) is 0 Å². The molecule has 4 atom stereocenters. The second kappa shape index (κ2) is 4.99. The van der Waals surface area contributed by atoms with Gasteiger partial charge in [0.2, 0.25) is 11.8 Å². The van der Waals surface area contributed by atoms with Crippen molar-refractivity contribution in [2.75, 3.05) is 11.5 Å². The maximum Gasteiger partial charge on any atom is 0.293 e. The predicted molar refractivity (Wildman–Crippen MR) is 90.5 cm³/mol. The van der Waals surface area contributed by atoms with Gasteiger partial charge in [0.25, 0.3) is 5.69 Å². The van der Waals surface area contributed by atoms with Crippen molar-refractivity contribution in [3.63, 3.8) is 0 Å². The second-order valence-electron chi connectivity index (χ2n) is 7.38. The molecule has 0 aliphatic carbocycles. The first-order valence-electron chi connectivity index (χ1n) is 8.30. The number of nitrogens with zero attached hydrogens (tertiary/aromatic N) is 2. The third-order valence-electron chi connectivity index (χ3n) is 5.83. The van der Waals surface area contributed by atoms with Gasteiger partial charge in [0.15, 0.2) is 0 Å². The quantitative estimate of drug-likeness (QED) is 0.379. The molecule has 2 bridgehead atoms. The second-order valence-corrected chi connectivity index (χ2v) is 7.38. The molecule has 0 unspecified atom stereocenters. The van der Waals surface area contributed by atoms with Gasteiger partial charge in [-0.15, -0.1) is 0 Å². The van der Waals surface area contributed by atoms with E-state index in [1.165, 1.54) is 12.1 Å². The fourth-order valence-corrected chi connectivity index (χ4v) is 4.39. The van der Waals surface area contributed by atoms with Crippen LogP contribution in [0.3, 0.4) is 0 Å². The fourth-order valence-electron chi connectivity index (χ4n) is 4.39. The number of carbonyl (C=O) groups is 2. The molecule has 2 amide bonds. The Morgan fingerprint density at radius 2 is 1.81 bits per heavy atom. The van der Waals surface area contributed by atoms with E-state index in [0.717, 1.165) is 10.5 Å². The Hall–Kier alpha value is -2.58. The molecule has 1 aromatic rings. The zero-order valence-corrected chi connectivity index (χ0v) is 14.6. The van der Waals surface area contributed by atoms with E-state index in [9.17, 15) is 24.8 Å². The minimum absolute atomic E-state index is 0.0291. The molecule has 4 rings (SSSR count). The Morgan fingerprint density at radius 1 is 1.19 bits per heavy atom.